The van der Waals surface area contributed by atoms with Crippen molar-refractivity contribution in [2.75, 3.05) is 39.3 Å². The summed E-state index contributed by atoms with van der Waals surface area (Å²) in [7, 11) is 3.26. The molecule has 0 saturated heterocycles. The second-order valence-corrected chi connectivity index (χ2v) is 4.08. The maximum absolute atomic E-state index is 5.45. The number of anilines is 1. The van der Waals surface area contributed by atoms with Gasteiger partial charge in [0.05, 0.1) is 20.3 Å². The lowest BCUT2D eigenvalue weighted by Crippen LogP contribution is -2.31. The minimum Gasteiger partial charge on any atom is -0.493 e. The van der Waals surface area contributed by atoms with Crippen LogP contribution in [0, 0.1) is 0 Å². The summed E-state index contributed by atoms with van der Waals surface area (Å²) in [6, 6.07) is 5.58. The Morgan fingerprint density at radius 3 is 2.68 bits per heavy atom. The van der Waals surface area contributed by atoms with E-state index in [1.54, 1.807) is 14.2 Å². The molecular weight excluding hydrogens is 264 g/mol. The van der Waals surface area contributed by atoms with E-state index in [0.29, 0.717) is 36.4 Å². The van der Waals surface area contributed by atoms with Crippen LogP contribution >= 0.6 is 12.2 Å². The summed E-state index contributed by atoms with van der Waals surface area (Å²) in [5.74, 6) is 1.39. The lowest BCUT2D eigenvalue weighted by molar-refractivity contribution is 0.204. The van der Waals surface area contributed by atoms with Crippen molar-refractivity contribution in [3.8, 4) is 11.5 Å². The second kappa shape index (κ2) is 8.55. The van der Waals surface area contributed by atoms with Crippen LogP contribution in [0.15, 0.2) is 18.2 Å². The van der Waals surface area contributed by atoms with E-state index in [-0.39, 0.29) is 0 Å². The fourth-order valence-corrected chi connectivity index (χ4v) is 1.68. The molecule has 6 heteroatoms. The van der Waals surface area contributed by atoms with E-state index in [1.807, 2.05) is 25.1 Å². The molecule has 0 amide bonds. The predicted octanol–water partition coefficient (Wildman–Crippen LogP) is 2.03. The van der Waals surface area contributed by atoms with Crippen LogP contribution in [0.25, 0.3) is 0 Å². The second-order valence-electron chi connectivity index (χ2n) is 3.67. The first kappa shape index (κ1) is 15.5. The number of ether oxygens (including phenoxy) is 3. The van der Waals surface area contributed by atoms with E-state index in [9.17, 15) is 0 Å². The Morgan fingerprint density at radius 1 is 1.26 bits per heavy atom. The zero-order valence-electron chi connectivity index (χ0n) is 11.5. The first-order valence-electron chi connectivity index (χ1n) is 6.05. The molecule has 0 radical (unpaired) electrons. The molecule has 0 fully saturated rings. The molecule has 1 rings (SSSR count). The van der Waals surface area contributed by atoms with Crippen LogP contribution in [0.2, 0.25) is 0 Å². The third-order valence-corrected chi connectivity index (χ3v) is 2.56. The molecule has 0 unspecified atom stereocenters. The molecule has 0 saturated carbocycles. The van der Waals surface area contributed by atoms with Crippen LogP contribution in [0.3, 0.4) is 0 Å². The molecule has 0 bridgehead atoms. The molecule has 0 atom stereocenters. The Hall–Kier alpha value is -1.53. The van der Waals surface area contributed by atoms with Crippen molar-refractivity contribution < 1.29 is 14.2 Å². The predicted molar refractivity (Wildman–Crippen MR) is 80.3 cm³/mol. The van der Waals surface area contributed by atoms with Crippen molar-refractivity contribution >= 4 is 23.0 Å². The quantitative estimate of drug-likeness (QED) is 0.590. The van der Waals surface area contributed by atoms with Crippen molar-refractivity contribution in [1.82, 2.24) is 5.32 Å². The van der Waals surface area contributed by atoms with Gasteiger partial charge in [-0.05, 0) is 31.3 Å². The van der Waals surface area contributed by atoms with Gasteiger partial charge in [-0.25, -0.2) is 0 Å². The summed E-state index contributed by atoms with van der Waals surface area (Å²) in [5, 5.41) is 6.65. The summed E-state index contributed by atoms with van der Waals surface area (Å²) in [4.78, 5) is 0. The van der Waals surface area contributed by atoms with Gasteiger partial charge in [0.25, 0.3) is 0 Å². The van der Waals surface area contributed by atoms with Gasteiger partial charge in [0.2, 0.25) is 0 Å². The average molecular weight is 284 g/mol. The first-order chi connectivity index (χ1) is 9.21. The largest absolute Gasteiger partial charge is 0.493 e. The summed E-state index contributed by atoms with van der Waals surface area (Å²) in [6.07, 6.45) is 0. The standard InChI is InChI=1S/C13H20N2O3S/c1-4-18-11-6-5-10(9-12(11)17-3)15-13(19)14-7-8-16-2/h5-6,9H,4,7-8H2,1-3H3,(H2,14,15,19). The Morgan fingerprint density at radius 2 is 2.05 bits per heavy atom. The maximum atomic E-state index is 5.45. The van der Waals surface area contributed by atoms with Gasteiger partial charge in [-0.3, -0.25) is 0 Å². The van der Waals surface area contributed by atoms with Gasteiger partial charge in [0, 0.05) is 25.4 Å². The SMILES string of the molecule is CCOc1ccc(NC(=S)NCCOC)cc1OC. The molecule has 1 aromatic carbocycles. The number of hydrogen-bond donors (Lipinski definition) is 2. The molecule has 106 valence electrons. The smallest absolute Gasteiger partial charge is 0.170 e. The van der Waals surface area contributed by atoms with Crippen molar-refractivity contribution in [1.29, 1.82) is 0 Å². The number of methoxy groups -OCH3 is 2. The van der Waals surface area contributed by atoms with E-state index in [1.165, 1.54) is 0 Å². The van der Waals surface area contributed by atoms with Crippen LogP contribution in [0.1, 0.15) is 6.92 Å². The highest BCUT2D eigenvalue weighted by Gasteiger charge is 2.06. The first-order valence-corrected chi connectivity index (χ1v) is 6.46. The summed E-state index contributed by atoms with van der Waals surface area (Å²) >= 11 is 5.16. The molecule has 0 aliphatic rings. The zero-order valence-corrected chi connectivity index (χ0v) is 12.3. The Bertz CT molecular complexity index is 413. The highest BCUT2D eigenvalue weighted by atomic mass is 32.1. The van der Waals surface area contributed by atoms with Crippen molar-refractivity contribution in [3.63, 3.8) is 0 Å². The van der Waals surface area contributed by atoms with Gasteiger partial charge in [-0.15, -0.1) is 0 Å². The fraction of sp³-hybridized carbons (Fsp3) is 0.462. The highest BCUT2D eigenvalue weighted by Crippen LogP contribution is 2.30. The lowest BCUT2D eigenvalue weighted by atomic mass is 10.3. The molecule has 0 aliphatic heterocycles. The molecular formula is C13H20N2O3S. The molecule has 0 aliphatic carbocycles. The molecule has 19 heavy (non-hydrogen) atoms. The third kappa shape index (κ3) is 5.32. The summed E-state index contributed by atoms with van der Waals surface area (Å²) < 4.78 is 15.7. The van der Waals surface area contributed by atoms with Crippen molar-refractivity contribution in [2.45, 2.75) is 6.92 Å². The maximum Gasteiger partial charge on any atom is 0.170 e. The topological polar surface area (TPSA) is 51.8 Å². The van der Waals surface area contributed by atoms with Crippen LogP contribution in [-0.2, 0) is 4.74 Å². The lowest BCUT2D eigenvalue weighted by Gasteiger charge is -2.13. The van der Waals surface area contributed by atoms with Crippen LogP contribution < -0.4 is 20.1 Å². The zero-order chi connectivity index (χ0) is 14.1. The normalized spacial score (nSPS) is 9.84. The van der Waals surface area contributed by atoms with Crippen LogP contribution in [-0.4, -0.2) is 39.1 Å². The minimum absolute atomic E-state index is 0.545. The Balaban J connectivity index is 2.61. The Kier molecular flexibility index (Phi) is 6.99. The third-order valence-electron chi connectivity index (χ3n) is 2.31. The van der Waals surface area contributed by atoms with Gasteiger partial charge in [0.15, 0.2) is 16.6 Å². The van der Waals surface area contributed by atoms with Gasteiger partial charge in [0.1, 0.15) is 0 Å². The average Bonchev–Trinajstić information content (AvgIpc) is 2.41. The molecule has 0 aromatic heterocycles. The van der Waals surface area contributed by atoms with E-state index in [4.69, 9.17) is 26.4 Å². The fourth-order valence-electron chi connectivity index (χ4n) is 1.46. The van der Waals surface area contributed by atoms with Gasteiger partial charge in [-0.1, -0.05) is 0 Å². The number of thiocarbonyl (C=S) groups is 1. The van der Waals surface area contributed by atoms with E-state index in [0.717, 1.165) is 5.69 Å². The monoisotopic (exact) mass is 284 g/mol. The van der Waals surface area contributed by atoms with Gasteiger partial charge < -0.3 is 24.8 Å². The van der Waals surface area contributed by atoms with E-state index < -0.39 is 0 Å². The van der Waals surface area contributed by atoms with E-state index in [2.05, 4.69) is 10.6 Å². The molecule has 1 aromatic rings. The molecule has 0 spiro atoms. The van der Waals surface area contributed by atoms with Crippen LogP contribution in [0.4, 0.5) is 5.69 Å². The van der Waals surface area contributed by atoms with Crippen molar-refractivity contribution in [2.24, 2.45) is 0 Å². The number of nitrogens with one attached hydrogen (secondary N) is 2. The molecule has 5 nitrogen and oxygen atoms in total. The number of benzene rings is 1. The Labute approximate surface area is 119 Å². The van der Waals surface area contributed by atoms with Crippen molar-refractivity contribution in [3.05, 3.63) is 18.2 Å². The summed E-state index contributed by atoms with van der Waals surface area (Å²) in [5.41, 5.74) is 0.843. The number of hydrogen-bond acceptors (Lipinski definition) is 4. The molecule has 0 heterocycles. The minimum atomic E-state index is 0.545. The highest BCUT2D eigenvalue weighted by molar-refractivity contribution is 7.80. The number of rotatable bonds is 7. The van der Waals surface area contributed by atoms with Gasteiger partial charge in [-0.2, -0.15) is 0 Å². The van der Waals surface area contributed by atoms with Gasteiger partial charge >= 0.3 is 0 Å². The summed E-state index contributed by atoms with van der Waals surface area (Å²) in [6.45, 7) is 3.80. The molecule has 2 N–H and O–H groups in total. The van der Waals surface area contributed by atoms with E-state index >= 15 is 0 Å². The van der Waals surface area contributed by atoms with Crippen LogP contribution in [0.5, 0.6) is 11.5 Å².